The van der Waals surface area contributed by atoms with Crippen LogP contribution in [0.4, 0.5) is 4.39 Å². The first kappa shape index (κ1) is 14.4. The zero-order chi connectivity index (χ0) is 13.9. The van der Waals surface area contributed by atoms with Gasteiger partial charge in [0.25, 0.3) is 0 Å². The molecule has 1 heterocycles. The normalized spacial score (nSPS) is 18.6. The third kappa shape index (κ3) is 3.13. The second-order valence-electron chi connectivity index (χ2n) is 4.84. The van der Waals surface area contributed by atoms with Crippen LogP contribution in [-0.2, 0) is 10.0 Å². The lowest BCUT2D eigenvalue weighted by molar-refractivity contribution is 0.270. The Labute approximate surface area is 113 Å². The largest absolute Gasteiger partial charge is 0.319 e. The fourth-order valence-corrected chi connectivity index (χ4v) is 3.97. The number of hydrogen-bond donors (Lipinski definition) is 1. The van der Waals surface area contributed by atoms with E-state index in [4.69, 9.17) is 0 Å². The third-order valence-electron chi connectivity index (χ3n) is 3.52. The van der Waals surface area contributed by atoms with Gasteiger partial charge >= 0.3 is 0 Å². The van der Waals surface area contributed by atoms with Crippen molar-refractivity contribution < 1.29 is 12.8 Å². The fourth-order valence-electron chi connectivity index (χ4n) is 2.44. The van der Waals surface area contributed by atoms with Crippen LogP contribution < -0.4 is 5.32 Å². The van der Waals surface area contributed by atoms with Crippen molar-refractivity contribution in [2.45, 2.75) is 17.7 Å². The zero-order valence-electron chi connectivity index (χ0n) is 11.0. The lowest BCUT2D eigenvalue weighted by atomic mass is 9.98. The van der Waals surface area contributed by atoms with Crippen LogP contribution in [0.2, 0.25) is 0 Å². The summed E-state index contributed by atoms with van der Waals surface area (Å²) < 4.78 is 39.7. The smallest absolute Gasteiger partial charge is 0.245 e. The molecule has 0 bridgehead atoms. The van der Waals surface area contributed by atoms with Gasteiger partial charge < -0.3 is 5.32 Å². The molecule has 0 spiro atoms. The fraction of sp³-hybridized carbons (Fsp3) is 0.538. The Bertz CT molecular complexity index is 525. The summed E-state index contributed by atoms with van der Waals surface area (Å²) in [6.45, 7) is 1.82. The standard InChI is InChI=1S/C13H19FN2O2S/c1-15-10-11-6-8-16(9-7-11)19(17,18)13-5-3-2-4-12(13)14/h2-5,11,15H,6-10H2,1H3. The Kier molecular flexibility index (Phi) is 4.54. The molecule has 19 heavy (non-hydrogen) atoms. The van der Waals surface area contributed by atoms with Crippen molar-refractivity contribution in [1.29, 1.82) is 0 Å². The van der Waals surface area contributed by atoms with E-state index in [-0.39, 0.29) is 4.90 Å². The highest BCUT2D eigenvalue weighted by atomic mass is 32.2. The van der Waals surface area contributed by atoms with E-state index >= 15 is 0 Å². The molecule has 2 rings (SSSR count). The molecule has 0 radical (unpaired) electrons. The van der Waals surface area contributed by atoms with Crippen LogP contribution in [0.1, 0.15) is 12.8 Å². The number of benzene rings is 1. The minimum atomic E-state index is -3.69. The van der Waals surface area contributed by atoms with E-state index in [1.54, 1.807) is 6.07 Å². The van der Waals surface area contributed by atoms with Crippen LogP contribution in [0.25, 0.3) is 0 Å². The molecule has 0 atom stereocenters. The van der Waals surface area contributed by atoms with E-state index in [1.807, 2.05) is 7.05 Å². The SMILES string of the molecule is CNCC1CCN(S(=O)(=O)c2ccccc2F)CC1. The molecule has 1 aromatic rings. The van der Waals surface area contributed by atoms with Crippen molar-refractivity contribution in [3.63, 3.8) is 0 Å². The summed E-state index contributed by atoms with van der Waals surface area (Å²) in [4.78, 5) is -0.220. The Hall–Kier alpha value is -0.980. The van der Waals surface area contributed by atoms with Crippen LogP contribution in [0.15, 0.2) is 29.2 Å². The quantitative estimate of drug-likeness (QED) is 0.911. The number of halogens is 1. The molecule has 4 nitrogen and oxygen atoms in total. The first-order valence-corrected chi connectivity index (χ1v) is 7.89. The van der Waals surface area contributed by atoms with Gasteiger partial charge in [-0.1, -0.05) is 12.1 Å². The molecule has 1 saturated heterocycles. The molecule has 1 N–H and O–H groups in total. The van der Waals surface area contributed by atoms with Gasteiger partial charge in [0.2, 0.25) is 10.0 Å². The van der Waals surface area contributed by atoms with E-state index in [1.165, 1.54) is 22.5 Å². The Morgan fingerprint density at radius 2 is 1.95 bits per heavy atom. The number of piperidine rings is 1. The van der Waals surface area contributed by atoms with Crippen molar-refractivity contribution in [3.05, 3.63) is 30.1 Å². The van der Waals surface area contributed by atoms with Crippen LogP contribution in [-0.4, -0.2) is 39.4 Å². The second-order valence-corrected chi connectivity index (χ2v) is 6.74. The Morgan fingerprint density at radius 3 is 2.53 bits per heavy atom. The number of sulfonamides is 1. The van der Waals surface area contributed by atoms with E-state index in [0.717, 1.165) is 19.4 Å². The minimum absolute atomic E-state index is 0.220. The monoisotopic (exact) mass is 286 g/mol. The molecular formula is C13H19FN2O2S. The lowest BCUT2D eigenvalue weighted by Gasteiger charge is -2.31. The summed E-state index contributed by atoms with van der Waals surface area (Å²) in [6, 6.07) is 5.54. The van der Waals surface area contributed by atoms with Gasteiger partial charge in [-0.2, -0.15) is 4.31 Å². The van der Waals surface area contributed by atoms with Gasteiger partial charge in [0, 0.05) is 13.1 Å². The summed E-state index contributed by atoms with van der Waals surface area (Å²) in [5.41, 5.74) is 0. The summed E-state index contributed by atoms with van der Waals surface area (Å²) in [5, 5.41) is 3.10. The highest BCUT2D eigenvalue weighted by Gasteiger charge is 2.30. The molecule has 0 saturated carbocycles. The van der Waals surface area contributed by atoms with Crippen molar-refractivity contribution >= 4 is 10.0 Å². The van der Waals surface area contributed by atoms with Crippen molar-refractivity contribution in [1.82, 2.24) is 9.62 Å². The zero-order valence-corrected chi connectivity index (χ0v) is 11.8. The summed E-state index contributed by atoms with van der Waals surface area (Å²) in [7, 11) is -1.80. The maximum atomic E-state index is 13.6. The van der Waals surface area contributed by atoms with Gasteiger partial charge in [0.05, 0.1) is 0 Å². The molecule has 106 valence electrons. The maximum absolute atomic E-state index is 13.6. The highest BCUT2D eigenvalue weighted by Crippen LogP contribution is 2.24. The highest BCUT2D eigenvalue weighted by molar-refractivity contribution is 7.89. The maximum Gasteiger partial charge on any atom is 0.245 e. The van der Waals surface area contributed by atoms with Crippen LogP contribution in [0.5, 0.6) is 0 Å². The third-order valence-corrected chi connectivity index (χ3v) is 5.45. The average molecular weight is 286 g/mol. The summed E-state index contributed by atoms with van der Waals surface area (Å²) in [6.07, 6.45) is 1.63. The van der Waals surface area contributed by atoms with E-state index < -0.39 is 15.8 Å². The molecule has 0 aromatic heterocycles. The first-order valence-electron chi connectivity index (χ1n) is 6.45. The van der Waals surface area contributed by atoms with E-state index in [0.29, 0.717) is 19.0 Å². The molecule has 1 fully saturated rings. The van der Waals surface area contributed by atoms with Gasteiger partial charge in [0.15, 0.2) is 0 Å². The molecule has 1 aliphatic heterocycles. The Morgan fingerprint density at radius 1 is 1.32 bits per heavy atom. The van der Waals surface area contributed by atoms with Gasteiger partial charge in [-0.25, -0.2) is 12.8 Å². The predicted molar refractivity (Wildman–Crippen MR) is 71.8 cm³/mol. The van der Waals surface area contributed by atoms with Crippen molar-refractivity contribution in [2.75, 3.05) is 26.7 Å². The molecule has 6 heteroatoms. The van der Waals surface area contributed by atoms with E-state index in [2.05, 4.69) is 5.32 Å². The van der Waals surface area contributed by atoms with Crippen LogP contribution >= 0.6 is 0 Å². The second kappa shape index (κ2) is 5.98. The van der Waals surface area contributed by atoms with Gasteiger partial charge in [-0.3, -0.25) is 0 Å². The number of nitrogens with zero attached hydrogens (tertiary/aromatic N) is 1. The molecule has 0 aliphatic carbocycles. The summed E-state index contributed by atoms with van der Waals surface area (Å²) >= 11 is 0. The van der Waals surface area contributed by atoms with Gasteiger partial charge in [-0.15, -0.1) is 0 Å². The molecule has 1 aromatic carbocycles. The number of hydrogen-bond acceptors (Lipinski definition) is 3. The molecule has 0 amide bonds. The predicted octanol–water partition coefficient (Wildman–Crippen LogP) is 1.45. The van der Waals surface area contributed by atoms with Crippen molar-refractivity contribution in [2.24, 2.45) is 5.92 Å². The van der Waals surface area contributed by atoms with Crippen LogP contribution in [0.3, 0.4) is 0 Å². The molecule has 0 unspecified atom stereocenters. The summed E-state index contributed by atoms with van der Waals surface area (Å²) in [5.74, 6) is -0.183. The number of nitrogens with one attached hydrogen (secondary N) is 1. The van der Waals surface area contributed by atoms with Crippen molar-refractivity contribution in [3.8, 4) is 0 Å². The van der Waals surface area contributed by atoms with Gasteiger partial charge in [-0.05, 0) is 44.5 Å². The lowest BCUT2D eigenvalue weighted by Crippen LogP contribution is -2.40. The Balaban J connectivity index is 2.12. The number of rotatable bonds is 4. The topological polar surface area (TPSA) is 49.4 Å². The van der Waals surface area contributed by atoms with E-state index in [9.17, 15) is 12.8 Å². The first-order chi connectivity index (χ1) is 9.05. The van der Waals surface area contributed by atoms with Gasteiger partial charge in [0.1, 0.15) is 10.7 Å². The molecular weight excluding hydrogens is 267 g/mol. The molecule has 1 aliphatic rings. The van der Waals surface area contributed by atoms with Crippen LogP contribution in [0, 0.1) is 11.7 Å². The average Bonchev–Trinajstić information content (AvgIpc) is 2.40. The minimum Gasteiger partial charge on any atom is -0.319 e.